The molecule has 0 aromatic heterocycles. The fourth-order valence-electron chi connectivity index (χ4n) is 3.67. The summed E-state index contributed by atoms with van der Waals surface area (Å²) in [4.78, 5) is 0. The van der Waals surface area contributed by atoms with Crippen molar-refractivity contribution >= 4 is 0 Å². The van der Waals surface area contributed by atoms with Crippen LogP contribution in [0.15, 0.2) is 30.3 Å². The summed E-state index contributed by atoms with van der Waals surface area (Å²) in [6.07, 6.45) is 7.91. The van der Waals surface area contributed by atoms with Crippen LogP contribution in [0.4, 0.5) is 13.2 Å². The second-order valence-corrected chi connectivity index (χ2v) is 6.83. The number of benzene rings is 2. The molecule has 0 heterocycles. The number of rotatable bonds is 5. The van der Waals surface area contributed by atoms with Gasteiger partial charge in [0, 0.05) is 5.56 Å². The van der Waals surface area contributed by atoms with Crippen LogP contribution < -0.4 is 0 Å². The van der Waals surface area contributed by atoms with Crippen LogP contribution in [0.2, 0.25) is 0 Å². The molecule has 1 aliphatic rings. The second-order valence-electron chi connectivity index (χ2n) is 6.83. The zero-order chi connectivity index (χ0) is 17.1. The van der Waals surface area contributed by atoms with Crippen molar-refractivity contribution in [2.45, 2.75) is 51.9 Å². The first-order chi connectivity index (χ1) is 11.6. The Kier molecular flexibility index (Phi) is 5.27. The zero-order valence-corrected chi connectivity index (χ0v) is 14.0. The Morgan fingerprint density at radius 2 is 1.75 bits per heavy atom. The van der Waals surface area contributed by atoms with Crippen LogP contribution >= 0.6 is 0 Å². The Hall–Kier alpha value is -1.77. The van der Waals surface area contributed by atoms with Gasteiger partial charge in [0.2, 0.25) is 0 Å². The van der Waals surface area contributed by atoms with E-state index in [-0.39, 0.29) is 5.82 Å². The SMILES string of the molecule is CCCCCC1CCc2cc(-c3ccc(F)c(F)c3)c(F)cc2C1. The largest absolute Gasteiger partial charge is 0.206 e. The lowest BCUT2D eigenvalue weighted by molar-refractivity contribution is 0.407. The van der Waals surface area contributed by atoms with Gasteiger partial charge in [-0.3, -0.25) is 0 Å². The van der Waals surface area contributed by atoms with Gasteiger partial charge < -0.3 is 0 Å². The van der Waals surface area contributed by atoms with Gasteiger partial charge in [0.1, 0.15) is 5.82 Å². The van der Waals surface area contributed by atoms with Crippen molar-refractivity contribution in [3.8, 4) is 11.1 Å². The predicted molar refractivity (Wildman–Crippen MR) is 91.4 cm³/mol. The summed E-state index contributed by atoms with van der Waals surface area (Å²) >= 11 is 0. The lowest BCUT2D eigenvalue weighted by atomic mass is 9.80. The predicted octanol–water partition coefficient (Wildman–Crippen LogP) is 6.46. The monoisotopic (exact) mass is 332 g/mol. The maximum Gasteiger partial charge on any atom is 0.159 e. The van der Waals surface area contributed by atoms with Crippen LogP contribution in [-0.4, -0.2) is 0 Å². The van der Waals surface area contributed by atoms with Crippen molar-refractivity contribution in [1.82, 2.24) is 0 Å². The van der Waals surface area contributed by atoms with Crippen molar-refractivity contribution in [3.05, 3.63) is 58.9 Å². The summed E-state index contributed by atoms with van der Waals surface area (Å²) in [5, 5.41) is 0. The van der Waals surface area contributed by atoms with E-state index in [0.717, 1.165) is 42.5 Å². The third-order valence-electron chi connectivity index (χ3n) is 5.07. The molecule has 1 aliphatic carbocycles. The van der Waals surface area contributed by atoms with Crippen LogP contribution in [0, 0.1) is 23.4 Å². The molecular weight excluding hydrogens is 309 g/mol. The first-order valence-corrected chi connectivity index (χ1v) is 8.85. The van der Waals surface area contributed by atoms with Crippen molar-refractivity contribution in [1.29, 1.82) is 0 Å². The first kappa shape index (κ1) is 17.1. The maximum absolute atomic E-state index is 14.5. The molecule has 0 bridgehead atoms. The van der Waals surface area contributed by atoms with Gasteiger partial charge in [0.15, 0.2) is 11.6 Å². The highest BCUT2D eigenvalue weighted by Gasteiger charge is 2.21. The highest BCUT2D eigenvalue weighted by molar-refractivity contribution is 5.66. The Labute approximate surface area is 141 Å². The summed E-state index contributed by atoms with van der Waals surface area (Å²) in [5.74, 6) is -1.57. The summed E-state index contributed by atoms with van der Waals surface area (Å²) in [6, 6.07) is 6.96. The van der Waals surface area contributed by atoms with Gasteiger partial charge in [-0.2, -0.15) is 0 Å². The van der Waals surface area contributed by atoms with Gasteiger partial charge in [-0.05, 0) is 66.1 Å². The van der Waals surface area contributed by atoms with Crippen LogP contribution in [-0.2, 0) is 12.8 Å². The van der Waals surface area contributed by atoms with Gasteiger partial charge in [-0.1, -0.05) is 38.7 Å². The Balaban J connectivity index is 1.82. The van der Waals surface area contributed by atoms with E-state index >= 15 is 0 Å². The minimum Gasteiger partial charge on any atom is -0.206 e. The lowest BCUT2D eigenvalue weighted by Gasteiger charge is -2.25. The molecular formula is C21H23F3. The normalized spacial score (nSPS) is 16.9. The van der Waals surface area contributed by atoms with Gasteiger partial charge >= 0.3 is 0 Å². The van der Waals surface area contributed by atoms with Gasteiger partial charge in [-0.25, -0.2) is 13.2 Å². The molecule has 0 fully saturated rings. The van der Waals surface area contributed by atoms with Crippen LogP contribution in [0.3, 0.4) is 0 Å². The van der Waals surface area contributed by atoms with Crippen molar-refractivity contribution in [2.24, 2.45) is 5.92 Å². The average molecular weight is 332 g/mol. The molecule has 0 saturated heterocycles. The van der Waals surface area contributed by atoms with E-state index < -0.39 is 11.6 Å². The highest BCUT2D eigenvalue weighted by atomic mass is 19.2. The van der Waals surface area contributed by atoms with E-state index in [1.54, 1.807) is 6.07 Å². The standard InChI is InChI=1S/C21H23F3/c1-2-3-4-5-14-6-7-15-11-18(20(23)13-17(15)10-14)16-8-9-19(22)21(24)12-16/h8-9,11-14H,2-7,10H2,1H3. The van der Waals surface area contributed by atoms with E-state index in [1.165, 1.54) is 31.7 Å². The van der Waals surface area contributed by atoms with Crippen molar-refractivity contribution in [2.75, 3.05) is 0 Å². The lowest BCUT2D eigenvalue weighted by Crippen LogP contribution is -2.15. The second kappa shape index (κ2) is 7.42. The molecule has 0 N–H and O–H groups in total. The van der Waals surface area contributed by atoms with Gasteiger partial charge in [-0.15, -0.1) is 0 Å². The molecule has 0 nitrogen and oxygen atoms in total. The quantitative estimate of drug-likeness (QED) is 0.551. The Morgan fingerprint density at radius 3 is 2.50 bits per heavy atom. The molecule has 0 aliphatic heterocycles. The smallest absolute Gasteiger partial charge is 0.159 e. The van der Waals surface area contributed by atoms with Gasteiger partial charge in [0.25, 0.3) is 0 Å². The third kappa shape index (κ3) is 3.66. The minimum atomic E-state index is -0.944. The summed E-state index contributed by atoms with van der Waals surface area (Å²) in [7, 11) is 0. The molecule has 0 saturated carbocycles. The van der Waals surface area contributed by atoms with Crippen LogP contribution in [0.1, 0.15) is 50.2 Å². The Bertz CT molecular complexity index is 721. The number of fused-ring (bicyclic) bond motifs is 1. The highest BCUT2D eigenvalue weighted by Crippen LogP contribution is 2.34. The number of aryl methyl sites for hydroxylation is 1. The van der Waals surface area contributed by atoms with E-state index in [0.29, 0.717) is 17.0 Å². The van der Waals surface area contributed by atoms with Crippen LogP contribution in [0.25, 0.3) is 11.1 Å². The topological polar surface area (TPSA) is 0 Å². The molecule has 128 valence electrons. The third-order valence-corrected chi connectivity index (χ3v) is 5.07. The molecule has 3 rings (SSSR count). The fourth-order valence-corrected chi connectivity index (χ4v) is 3.67. The minimum absolute atomic E-state index is 0.353. The van der Waals surface area contributed by atoms with Crippen molar-refractivity contribution < 1.29 is 13.2 Å². The molecule has 2 aromatic carbocycles. The molecule has 0 amide bonds. The van der Waals surface area contributed by atoms with E-state index in [2.05, 4.69) is 6.92 Å². The number of halogens is 3. The van der Waals surface area contributed by atoms with Crippen LogP contribution in [0.5, 0.6) is 0 Å². The average Bonchev–Trinajstić information content (AvgIpc) is 2.57. The van der Waals surface area contributed by atoms with Gasteiger partial charge in [0.05, 0.1) is 0 Å². The molecule has 1 unspecified atom stereocenters. The molecule has 0 radical (unpaired) electrons. The molecule has 24 heavy (non-hydrogen) atoms. The Morgan fingerprint density at radius 1 is 0.917 bits per heavy atom. The number of hydrogen-bond donors (Lipinski definition) is 0. The fraction of sp³-hybridized carbons (Fsp3) is 0.429. The van der Waals surface area contributed by atoms with Crippen molar-refractivity contribution in [3.63, 3.8) is 0 Å². The summed E-state index contributed by atoms with van der Waals surface area (Å²) in [5.41, 5.74) is 2.96. The first-order valence-electron chi connectivity index (χ1n) is 8.85. The number of hydrogen-bond acceptors (Lipinski definition) is 0. The molecule has 3 heteroatoms. The van der Waals surface area contributed by atoms with E-state index in [4.69, 9.17) is 0 Å². The zero-order valence-electron chi connectivity index (χ0n) is 14.0. The molecule has 2 aromatic rings. The summed E-state index contributed by atoms with van der Waals surface area (Å²) in [6.45, 7) is 2.20. The van der Waals surface area contributed by atoms with E-state index in [9.17, 15) is 13.2 Å². The summed E-state index contributed by atoms with van der Waals surface area (Å²) < 4.78 is 41.0. The number of unbranched alkanes of at least 4 members (excludes halogenated alkanes) is 2. The molecule has 0 spiro atoms. The molecule has 1 atom stereocenters. The maximum atomic E-state index is 14.5. The van der Waals surface area contributed by atoms with E-state index in [1.807, 2.05) is 6.07 Å².